The van der Waals surface area contributed by atoms with Crippen LogP contribution in [0.1, 0.15) is 8.35 Å². The van der Waals surface area contributed by atoms with E-state index < -0.39 is 17.7 Å². The van der Waals surface area contributed by atoms with Crippen molar-refractivity contribution in [2.45, 2.75) is 6.92 Å². The molecule has 6 nitrogen and oxygen atoms in total. The van der Waals surface area contributed by atoms with Crippen molar-refractivity contribution in [1.29, 1.82) is 5.41 Å². The summed E-state index contributed by atoms with van der Waals surface area (Å²) < 4.78 is 4.25. The smallest absolute Gasteiger partial charge is 0.242 e. The summed E-state index contributed by atoms with van der Waals surface area (Å²) >= 11 is 0. The molecule has 0 radical (unpaired) electrons. The molecule has 0 aliphatic heterocycles. The van der Waals surface area contributed by atoms with Gasteiger partial charge >= 0.3 is 0 Å². The van der Waals surface area contributed by atoms with Gasteiger partial charge in [0, 0.05) is 32.7 Å². The van der Waals surface area contributed by atoms with Gasteiger partial charge < -0.3 is 20.8 Å². The molecular weight excluding hydrogens is 318 g/mol. The van der Waals surface area contributed by atoms with Gasteiger partial charge in [-0.3, -0.25) is 9.59 Å². The van der Waals surface area contributed by atoms with Gasteiger partial charge in [-0.15, -0.1) is 0 Å². The Hall–Kier alpha value is -2.99. The van der Waals surface area contributed by atoms with Gasteiger partial charge in [0.25, 0.3) is 0 Å². The molecule has 0 atom stereocenters. The van der Waals surface area contributed by atoms with Gasteiger partial charge in [0.05, 0.1) is 0 Å². The van der Waals surface area contributed by atoms with Gasteiger partial charge in [-0.1, -0.05) is 36.4 Å². The van der Waals surface area contributed by atoms with Gasteiger partial charge in [-0.2, -0.15) is 0 Å². The molecule has 2 rings (SSSR count). The second kappa shape index (κ2) is 10.7. The molecule has 0 fully saturated rings. The van der Waals surface area contributed by atoms with E-state index >= 15 is 0 Å². The number of benzene rings is 2. The summed E-state index contributed by atoms with van der Waals surface area (Å²) in [4.78, 5) is 24.5. The van der Waals surface area contributed by atoms with E-state index in [4.69, 9.17) is 5.41 Å². The Labute approximate surface area is 149 Å². The highest BCUT2D eigenvalue weighted by Crippen LogP contribution is 2.12. The Bertz CT molecular complexity index is 640. The molecule has 2 amide bonds. The molecule has 134 valence electrons. The van der Waals surface area contributed by atoms with Crippen molar-refractivity contribution in [2.75, 3.05) is 24.9 Å². The van der Waals surface area contributed by atoms with Crippen LogP contribution in [0.2, 0.25) is 0 Å². The molecule has 0 spiro atoms. The van der Waals surface area contributed by atoms with E-state index in [1.807, 2.05) is 12.1 Å². The molecule has 3 N–H and O–H groups in total. The van der Waals surface area contributed by atoms with Gasteiger partial charge in [0.1, 0.15) is 0 Å². The molecular formula is C19H25N3O3. The van der Waals surface area contributed by atoms with Crippen LogP contribution in [0, 0.1) is 11.3 Å². The lowest BCUT2D eigenvalue weighted by molar-refractivity contribution is -0.126. The lowest BCUT2D eigenvalue weighted by Gasteiger charge is -2.15. The third kappa shape index (κ3) is 6.97. The summed E-state index contributed by atoms with van der Waals surface area (Å²) in [6.45, 7) is 1.44. The Kier molecular flexibility index (Phi) is 8.60. The highest BCUT2D eigenvalue weighted by molar-refractivity contribution is 6.24. The maximum absolute atomic E-state index is 12.3. The normalized spacial score (nSPS) is 9.60. The van der Waals surface area contributed by atoms with Crippen LogP contribution in [0.5, 0.6) is 0 Å². The largest absolute Gasteiger partial charge is 0.388 e. The predicted molar refractivity (Wildman–Crippen MR) is 102 cm³/mol. The Morgan fingerprint density at radius 1 is 0.880 bits per heavy atom. The summed E-state index contributed by atoms with van der Waals surface area (Å²) in [5.41, 5.74) is 1.17. The number of carbonyl (C=O) groups is 2. The SMILES string of the molecule is CC(=N)C(C(=O)Nc1ccccc1)C(=O)Nc1ccccc1.COC.[HH]. The molecule has 0 heterocycles. The number of amides is 2. The standard InChI is InChI=1S/C17H17N3O2.C2H6O.H2/c1-12(18)15(16(21)19-13-8-4-2-5-9-13)17(22)20-14-10-6-3-7-11-14;1-3-2;/h2-11,15,18H,1H3,(H,19,21)(H,20,22);1-2H3;1H. The molecule has 6 heteroatoms. The van der Waals surface area contributed by atoms with E-state index in [1.54, 1.807) is 62.8 Å². The van der Waals surface area contributed by atoms with E-state index in [1.165, 1.54) is 6.92 Å². The second-order valence-corrected chi connectivity index (χ2v) is 5.23. The van der Waals surface area contributed by atoms with Crippen molar-refractivity contribution >= 4 is 28.9 Å². The lowest BCUT2D eigenvalue weighted by Crippen LogP contribution is -2.38. The maximum atomic E-state index is 12.3. The zero-order valence-corrected chi connectivity index (χ0v) is 14.6. The summed E-state index contributed by atoms with van der Waals surface area (Å²) in [6.07, 6.45) is 0. The summed E-state index contributed by atoms with van der Waals surface area (Å²) in [6, 6.07) is 17.7. The molecule has 0 bridgehead atoms. The zero-order valence-electron chi connectivity index (χ0n) is 14.6. The minimum absolute atomic E-state index is 0. The van der Waals surface area contributed by atoms with Crippen molar-refractivity contribution in [3.8, 4) is 0 Å². The quantitative estimate of drug-likeness (QED) is 0.574. The summed E-state index contributed by atoms with van der Waals surface area (Å²) in [7, 11) is 3.25. The molecule has 2 aromatic carbocycles. The van der Waals surface area contributed by atoms with Crippen LogP contribution in [-0.4, -0.2) is 31.7 Å². The average Bonchev–Trinajstić information content (AvgIpc) is 2.57. The summed E-state index contributed by atoms with van der Waals surface area (Å²) in [5, 5.41) is 13.0. The van der Waals surface area contributed by atoms with E-state index in [9.17, 15) is 9.59 Å². The van der Waals surface area contributed by atoms with Crippen molar-refractivity contribution in [1.82, 2.24) is 0 Å². The van der Waals surface area contributed by atoms with Crippen molar-refractivity contribution < 1.29 is 15.8 Å². The van der Waals surface area contributed by atoms with Gasteiger partial charge in [0.15, 0.2) is 5.92 Å². The topological polar surface area (TPSA) is 91.3 Å². The van der Waals surface area contributed by atoms with E-state index in [0.717, 1.165) is 0 Å². The van der Waals surface area contributed by atoms with Crippen molar-refractivity contribution in [3.63, 3.8) is 0 Å². The third-order valence-corrected chi connectivity index (χ3v) is 3.04. The molecule has 25 heavy (non-hydrogen) atoms. The number of hydrogen-bond acceptors (Lipinski definition) is 4. The second-order valence-electron chi connectivity index (χ2n) is 5.23. The van der Waals surface area contributed by atoms with Crippen LogP contribution in [0.4, 0.5) is 11.4 Å². The van der Waals surface area contributed by atoms with Crippen LogP contribution in [0.3, 0.4) is 0 Å². The zero-order chi connectivity index (χ0) is 18.7. The highest BCUT2D eigenvalue weighted by atomic mass is 16.4. The fourth-order valence-corrected chi connectivity index (χ4v) is 1.98. The minimum Gasteiger partial charge on any atom is -0.388 e. The van der Waals surface area contributed by atoms with Crippen LogP contribution < -0.4 is 10.6 Å². The predicted octanol–water partition coefficient (Wildman–Crippen LogP) is 3.43. The molecule has 0 saturated heterocycles. The van der Waals surface area contributed by atoms with Crippen molar-refractivity contribution in [2.24, 2.45) is 5.92 Å². The first-order valence-corrected chi connectivity index (χ1v) is 7.66. The van der Waals surface area contributed by atoms with Gasteiger partial charge in [-0.25, -0.2) is 0 Å². The first-order valence-electron chi connectivity index (χ1n) is 7.66. The van der Waals surface area contributed by atoms with Crippen LogP contribution in [-0.2, 0) is 14.3 Å². The number of nitrogens with one attached hydrogen (secondary N) is 3. The van der Waals surface area contributed by atoms with Gasteiger partial charge in [0.2, 0.25) is 11.8 Å². The Morgan fingerprint density at radius 2 is 1.20 bits per heavy atom. The van der Waals surface area contributed by atoms with E-state index in [-0.39, 0.29) is 7.14 Å². The number of ether oxygens (including phenoxy) is 1. The van der Waals surface area contributed by atoms with Gasteiger partial charge in [-0.05, 0) is 31.2 Å². The van der Waals surface area contributed by atoms with Crippen LogP contribution >= 0.6 is 0 Å². The monoisotopic (exact) mass is 343 g/mol. The minimum atomic E-state index is -1.17. The molecule has 0 aromatic heterocycles. The number of carbonyl (C=O) groups excluding carboxylic acids is 2. The molecule has 0 aliphatic rings. The molecule has 0 saturated carbocycles. The number of rotatable bonds is 5. The highest BCUT2D eigenvalue weighted by Gasteiger charge is 2.29. The first-order chi connectivity index (χ1) is 12.0. The average molecular weight is 343 g/mol. The number of methoxy groups -OCH3 is 1. The third-order valence-electron chi connectivity index (χ3n) is 3.04. The lowest BCUT2D eigenvalue weighted by atomic mass is 10.0. The Morgan fingerprint density at radius 3 is 1.48 bits per heavy atom. The fourth-order valence-electron chi connectivity index (χ4n) is 1.98. The van der Waals surface area contributed by atoms with E-state index in [0.29, 0.717) is 11.4 Å². The fraction of sp³-hybridized carbons (Fsp3) is 0.211. The van der Waals surface area contributed by atoms with Crippen molar-refractivity contribution in [3.05, 3.63) is 60.7 Å². The number of anilines is 2. The molecule has 2 aromatic rings. The van der Waals surface area contributed by atoms with E-state index in [2.05, 4.69) is 15.4 Å². The van der Waals surface area contributed by atoms with Crippen LogP contribution in [0.15, 0.2) is 60.7 Å². The maximum Gasteiger partial charge on any atom is 0.242 e. The molecule has 0 unspecified atom stereocenters. The summed E-state index contributed by atoms with van der Waals surface area (Å²) in [5.74, 6) is -2.21. The molecule has 0 aliphatic carbocycles. The first kappa shape index (κ1) is 20.1. The van der Waals surface area contributed by atoms with Crippen LogP contribution in [0.25, 0.3) is 0 Å². The number of para-hydroxylation sites is 2. The number of hydrogen-bond donors (Lipinski definition) is 3. The Balaban J connectivity index is 0.00000146.